The second kappa shape index (κ2) is 4.36. The molecule has 0 atom stereocenters. The number of halogens is 1. The number of hydrogen-bond donors (Lipinski definition) is 0. The van der Waals surface area contributed by atoms with Gasteiger partial charge in [0.05, 0.1) is 0 Å². The number of rotatable bonds is 0. The zero-order valence-corrected chi connectivity index (χ0v) is 13.7. The van der Waals surface area contributed by atoms with Gasteiger partial charge in [0.2, 0.25) is 0 Å². The van der Waals surface area contributed by atoms with Crippen molar-refractivity contribution in [2.75, 3.05) is 0 Å². The van der Waals surface area contributed by atoms with Gasteiger partial charge in [-0.3, -0.25) is 0 Å². The quantitative estimate of drug-likeness (QED) is 0.487. The van der Waals surface area contributed by atoms with Gasteiger partial charge in [-0.2, -0.15) is 0 Å². The van der Waals surface area contributed by atoms with Gasteiger partial charge in [-0.25, -0.2) is 0 Å². The maximum atomic E-state index is 6.66. The molecule has 0 heterocycles. The monoisotopic (exact) mass is 284 g/mol. The van der Waals surface area contributed by atoms with Crippen molar-refractivity contribution in [3.05, 3.63) is 57.1 Å². The molecule has 104 valence electrons. The second-order valence-corrected chi connectivity index (χ2v) is 7.25. The molecule has 0 nitrogen and oxygen atoms in total. The summed E-state index contributed by atoms with van der Waals surface area (Å²) in [7, 11) is 0. The maximum absolute atomic E-state index is 6.66. The van der Waals surface area contributed by atoms with Gasteiger partial charge in [-0.1, -0.05) is 56.6 Å². The second-order valence-electron chi connectivity index (χ2n) is 6.88. The fraction of sp³-hybridized carbons (Fsp3) is 0.368. The fourth-order valence-electron chi connectivity index (χ4n) is 3.54. The molecule has 1 heteroatoms. The topological polar surface area (TPSA) is 0 Å². The van der Waals surface area contributed by atoms with E-state index in [1.165, 1.54) is 38.9 Å². The van der Waals surface area contributed by atoms with Crippen LogP contribution in [0.1, 0.15) is 48.6 Å². The van der Waals surface area contributed by atoms with Crippen molar-refractivity contribution in [3.8, 4) is 11.1 Å². The van der Waals surface area contributed by atoms with Crippen LogP contribution in [0.3, 0.4) is 0 Å². The summed E-state index contributed by atoms with van der Waals surface area (Å²) in [5, 5.41) is 0.960. The Morgan fingerprint density at radius 1 is 1.00 bits per heavy atom. The van der Waals surface area contributed by atoms with E-state index >= 15 is 0 Å². The third kappa shape index (κ3) is 1.82. The van der Waals surface area contributed by atoms with E-state index in [0.29, 0.717) is 0 Å². The van der Waals surface area contributed by atoms with Crippen LogP contribution in [-0.2, 0) is 11.8 Å². The summed E-state index contributed by atoms with van der Waals surface area (Å²) in [5.74, 6) is 0. The predicted octanol–water partition coefficient (Wildman–Crippen LogP) is 5.83. The van der Waals surface area contributed by atoms with E-state index in [-0.39, 0.29) is 5.41 Å². The lowest BCUT2D eigenvalue weighted by molar-refractivity contribution is 0.587. The highest BCUT2D eigenvalue weighted by Crippen LogP contribution is 2.48. The van der Waals surface area contributed by atoms with Crippen LogP contribution in [0.25, 0.3) is 11.1 Å². The molecule has 0 aromatic heterocycles. The molecule has 0 saturated carbocycles. The first-order valence-corrected chi connectivity index (χ1v) is 7.60. The van der Waals surface area contributed by atoms with Gasteiger partial charge < -0.3 is 0 Å². The van der Waals surface area contributed by atoms with Gasteiger partial charge in [0.25, 0.3) is 0 Å². The molecule has 1 aliphatic carbocycles. The summed E-state index contributed by atoms with van der Waals surface area (Å²) < 4.78 is 0. The van der Waals surface area contributed by atoms with Crippen LogP contribution in [0.5, 0.6) is 0 Å². The van der Waals surface area contributed by atoms with Crippen molar-refractivity contribution in [1.82, 2.24) is 0 Å². The van der Waals surface area contributed by atoms with Crippen LogP contribution in [0, 0.1) is 13.8 Å². The van der Waals surface area contributed by atoms with Gasteiger partial charge in [0.1, 0.15) is 0 Å². The largest absolute Gasteiger partial charge is 0.0837 e. The lowest BCUT2D eigenvalue weighted by Crippen LogP contribution is -2.16. The van der Waals surface area contributed by atoms with Crippen molar-refractivity contribution in [2.45, 2.75) is 46.5 Å². The van der Waals surface area contributed by atoms with Crippen LogP contribution in [0.2, 0.25) is 5.02 Å². The van der Waals surface area contributed by atoms with Crippen LogP contribution >= 0.6 is 11.6 Å². The molecule has 2 aromatic rings. The summed E-state index contributed by atoms with van der Waals surface area (Å²) >= 11 is 6.66. The molecule has 0 spiro atoms. The Labute approximate surface area is 126 Å². The number of hydrogen-bond acceptors (Lipinski definition) is 0. The molecule has 0 saturated heterocycles. The van der Waals surface area contributed by atoms with E-state index in [1.54, 1.807) is 0 Å². The Hall–Kier alpha value is -1.27. The van der Waals surface area contributed by atoms with E-state index in [9.17, 15) is 0 Å². The molecule has 20 heavy (non-hydrogen) atoms. The van der Waals surface area contributed by atoms with Crippen LogP contribution < -0.4 is 0 Å². The highest BCUT2D eigenvalue weighted by atomic mass is 35.5. The molecule has 0 radical (unpaired) electrons. The van der Waals surface area contributed by atoms with Gasteiger partial charge in [0.15, 0.2) is 0 Å². The molecule has 0 amide bonds. The fourth-order valence-corrected chi connectivity index (χ4v) is 3.84. The van der Waals surface area contributed by atoms with Crippen molar-refractivity contribution in [2.24, 2.45) is 0 Å². The average molecular weight is 285 g/mol. The summed E-state index contributed by atoms with van der Waals surface area (Å²) in [6.07, 6.45) is 0.967. The van der Waals surface area contributed by atoms with Crippen molar-refractivity contribution >= 4 is 11.6 Å². The minimum absolute atomic E-state index is 0.126. The highest BCUT2D eigenvalue weighted by Gasteiger charge is 2.31. The lowest BCUT2D eigenvalue weighted by atomic mass is 9.77. The highest BCUT2D eigenvalue weighted by molar-refractivity contribution is 6.33. The smallest absolute Gasteiger partial charge is 0.0479 e. The normalized spacial score (nSPS) is 13.3. The summed E-state index contributed by atoms with van der Waals surface area (Å²) in [6.45, 7) is 11.2. The van der Waals surface area contributed by atoms with Crippen LogP contribution in [-0.4, -0.2) is 0 Å². The zero-order chi connectivity index (χ0) is 14.7. The number of fused-ring (bicyclic) bond motifs is 3. The average Bonchev–Trinajstić information content (AvgIpc) is 2.74. The Bertz CT molecular complexity index is 703. The summed E-state index contributed by atoms with van der Waals surface area (Å²) in [6, 6.07) is 8.71. The van der Waals surface area contributed by atoms with E-state index < -0.39 is 0 Å². The van der Waals surface area contributed by atoms with Gasteiger partial charge in [-0.05, 0) is 58.2 Å². The minimum Gasteiger partial charge on any atom is -0.0837 e. The van der Waals surface area contributed by atoms with E-state index in [0.717, 1.165) is 11.4 Å². The van der Waals surface area contributed by atoms with Gasteiger partial charge in [0, 0.05) is 11.4 Å². The Morgan fingerprint density at radius 3 is 2.30 bits per heavy atom. The number of benzene rings is 2. The standard InChI is InChI=1S/C19H21Cl/c1-11-12(2)18(20)15-10-13-8-6-7-9-14(13)16(15)17(11)19(3,4)5/h6-9H,10H2,1-5H3. The molecule has 2 aromatic carbocycles. The first-order chi connectivity index (χ1) is 9.32. The van der Waals surface area contributed by atoms with E-state index in [4.69, 9.17) is 11.6 Å². The van der Waals surface area contributed by atoms with Gasteiger partial charge >= 0.3 is 0 Å². The van der Waals surface area contributed by atoms with Crippen LogP contribution in [0.4, 0.5) is 0 Å². The maximum Gasteiger partial charge on any atom is 0.0479 e. The Balaban J connectivity index is 2.45. The first-order valence-electron chi connectivity index (χ1n) is 7.22. The SMILES string of the molecule is Cc1c(C)c(C(C)(C)C)c2c(c1Cl)Cc1ccccc1-2. The molecule has 0 unspecified atom stereocenters. The third-order valence-corrected chi connectivity index (χ3v) is 5.00. The lowest BCUT2D eigenvalue weighted by Gasteiger charge is -2.28. The Morgan fingerprint density at radius 2 is 1.65 bits per heavy atom. The summed E-state index contributed by atoms with van der Waals surface area (Å²) in [4.78, 5) is 0. The van der Waals surface area contributed by atoms with Crippen molar-refractivity contribution < 1.29 is 0 Å². The third-order valence-electron chi connectivity index (χ3n) is 4.49. The molecular weight excluding hydrogens is 264 g/mol. The molecule has 3 rings (SSSR count). The molecule has 0 bridgehead atoms. The minimum atomic E-state index is 0.126. The van der Waals surface area contributed by atoms with E-state index in [2.05, 4.69) is 58.9 Å². The molecule has 0 fully saturated rings. The van der Waals surface area contributed by atoms with Gasteiger partial charge in [-0.15, -0.1) is 0 Å². The molecule has 0 N–H and O–H groups in total. The van der Waals surface area contributed by atoms with Crippen molar-refractivity contribution in [1.29, 1.82) is 0 Å². The van der Waals surface area contributed by atoms with Crippen LogP contribution in [0.15, 0.2) is 24.3 Å². The van der Waals surface area contributed by atoms with E-state index in [1.807, 2.05) is 0 Å². The molecular formula is C19H21Cl. The Kier molecular flexibility index (Phi) is 2.99. The molecule has 0 aliphatic heterocycles. The molecule has 1 aliphatic rings. The first kappa shape index (κ1) is 13.7. The zero-order valence-electron chi connectivity index (χ0n) is 12.9. The summed E-state index contributed by atoms with van der Waals surface area (Å²) in [5.41, 5.74) is 9.65. The van der Waals surface area contributed by atoms with Crippen molar-refractivity contribution in [3.63, 3.8) is 0 Å². The predicted molar refractivity (Wildman–Crippen MR) is 87.9 cm³/mol.